The maximum atomic E-state index is 5.97. The zero-order valence-electron chi connectivity index (χ0n) is 15.1. The molecule has 0 aliphatic carbocycles. The van der Waals surface area contributed by atoms with Gasteiger partial charge in [0, 0.05) is 20.0 Å². The largest absolute Gasteiger partial charge is 0.488 e. The first-order valence-corrected chi connectivity index (χ1v) is 8.69. The van der Waals surface area contributed by atoms with Crippen LogP contribution in [0.4, 0.5) is 0 Å². The summed E-state index contributed by atoms with van der Waals surface area (Å²) in [5.74, 6) is 2.70. The molecule has 2 aromatic rings. The van der Waals surface area contributed by atoms with Crippen molar-refractivity contribution in [3.63, 3.8) is 0 Å². The molecule has 24 heavy (non-hydrogen) atoms. The lowest BCUT2D eigenvalue weighted by Gasteiger charge is -2.31. The molecule has 0 N–H and O–H groups in total. The van der Waals surface area contributed by atoms with Gasteiger partial charge in [0.15, 0.2) is 0 Å². The van der Waals surface area contributed by atoms with Crippen LogP contribution >= 0.6 is 0 Å². The fourth-order valence-electron chi connectivity index (χ4n) is 3.20. The average Bonchev–Trinajstić information content (AvgIpc) is 2.93. The normalized spacial score (nSPS) is 19.4. The van der Waals surface area contributed by atoms with Crippen molar-refractivity contribution in [2.24, 2.45) is 0 Å². The van der Waals surface area contributed by atoms with E-state index in [1.54, 1.807) is 0 Å². The van der Waals surface area contributed by atoms with Gasteiger partial charge in [-0.25, -0.2) is 0 Å². The average molecular weight is 329 g/mol. The van der Waals surface area contributed by atoms with Crippen LogP contribution in [-0.4, -0.2) is 33.8 Å². The lowest BCUT2D eigenvalue weighted by molar-refractivity contribution is 0.130. The van der Waals surface area contributed by atoms with Crippen LogP contribution in [0.15, 0.2) is 28.7 Å². The predicted molar refractivity (Wildman–Crippen MR) is 93.1 cm³/mol. The van der Waals surface area contributed by atoms with Crippen molar-refractivity contribution in [1.29, 1.82) is 0 Å². The van der Waals surface area contributed by atoms with E-state index in [1.807, 2.05) is 13.0 Å². The van der Waals surface area contributed by atoms with Crippen molar-refractivity contribution in [3.05, 3.63) is 41.6 Å². The van der Waals surface area contributed by atoms with E-state index in [9.17, 15) is 0 Å². The van der Waals surface area contributed by atoms with E-state index < -0.39 is 0 Å². The van der Waals surface area contributed by atoms with Gasteiger partial charge in [0.1, 0.15) is 11.4 Å². The first kappa shape index (κ1) is 17.0. The number of ether oxygens (including phenoxy) is 1. The number of piperidine rings is 1. The van der Waals surface area contributed by atoms with Crippen molar-refractivity contribution in [3.8, 4) is 5.75 Å². The molecular formula is C19H27N3O2. The van der Waals surface area contributed by atoms with Crippen LogP contribution in [0.3, 0.4) is 0 Å². The minimum Gasteiger partial charge on any atom is -0.488 e. The first-order valence-electron chi connectivity index (χ1n) is 8.69. The van der Waals surface area contributed by atoms with Crippen molar-refractivity contribution < 1.29 is 9.15 Å². The summed E-state index contributed by atoms with van der Waals surface area (Å²) in [6.07, 6.45) is 2.27. The fraction of sp³-hybridized carbons (Fsp3) is 0.579. The number of likely N-dealkylation sites (tertiary alicyclic amines) is 1. The Bertz CT molecular complexity index is 675. The Balaban J connectivity index is 1.64. The minimum absolute atomic E-state index is 0.176. The van der Waals surface area contributed by atoms with Crippen molar-refractivity contribution in [1.82, 2.24) is 15.1 Å². The van der Waals surface area contributed by atoms with Crippen LogP contribution in [0.2, 0.25) is 0 Å². The van der Waals surface area contributed by atoms with Crippen LogP contribution in [0.1, 0.15) is 56.9 Å². The molecule has 130 valence electrons. The molecule has 0 bridgehead atoms. The summed E-state index contributed by atoms with van der Waals surface area (Å²) in [7, 11) is 0. The first-order chi connectivity index (χ1) is 11.4. The second-order valence-corrected chi connectivity index (χ2v) is 7.60. The molecule has 5 heteroatoms. The van der Waals surface area contributed by atoms with Gasteiger partial charge in [0.05, 0.1) is 5.92 Å². The standard InChI is InChI=1S/C19H27N3O2/c1-14-20-21-18(23-14)16-8-6-10-22(13-16)12-15-7-5-9-17(11-15)24-19(2,3)4/h5,7,9,11,16H,6,8,10,12-13H2,1-4H3. The van der Waals surface area contributed by atoms with E-state index in [0.717, 1.165) is 44.1 Å². The van der Waals surface area contributed by atoms with Crippen molar-refractivity contribution >= 4 is 0 Å². The molecule has 1 atom stereocenters. The molecule has 1 fully saturated rings. The van der Waals surface area contributed by atoms with Crippen molar-refractivity contribution in [2.45, 2.75) is 58.6 Å². The molecule has 0 spiro atoms. The second kappa shape index (κ2) is 6.93. The predicted octanol–water partition coefficient (Wildman–Crippen LogP) is 3.93. The SMILES string of the molecule is Cc1nnc(C2CCCN(Cc3cccc(OC(C)(C)C)c3)C2)o1. The highest BCUT2D eigenvalue weighted by atomic mass is 16.5. The molecule has 0 radical (unpaired) electrons. The number of hydrogen-bond donors (Lipinski definition) is 0. The van der Waals surface area contributed by atoms with Gasteiger partial charge in [-0.3, -0.25) is 4.90 Å². The van der Waals surface area contributed by atoms with E-state index in [2.05, 4.69) is 54.1 Å². The minimum atomic E-state index is -0.176. The van der Waals surface area contributed by atoms with Gasteiger partial charge >= 0.3 is 0 Å². The van der Waals surface area contributed by atoms with Crippen LogP contribution < -0.4 is 4.74 Å². The summed E-state index contributed by atoms with van der Waals surface area (Å²) in [6, 6.07) is 8.40. The summed E-state index contributed by atoms with van der Waals surface area (Å²) in [5.41, 5.74) is 1.10. The summed E-state index contributed by atoms with van der Waals surface area (Å²) in [6.45, 7) is 11.0. The number of hydrogen-bond acceptors (Lipinski definition) is 5. The third-order valence-corrected chi connectivity index (χ3v) is 4.13. The second-order valence-electron chi connectivity index (χ2n) is 7.60. The Morgan fingerprint density at radius 3 is 2.83 bits per heavy atom. The van der Waals surface area contributed by atoms with Gasteiger partial charge in [-0.15, -0.1) is 10.2 Å². The third kappa shape index (κ3) is 4.57. The number of rotatable bonds is 4. The molecule has 0 amide bonds. The molecule has 3 rings (SSSR count). The van der Waals surface area contributed by atoms with Gasteiger partial charge in [-0.2, -0.15) is 0 Å². The summed E-state index contributed by atoms with van der Waals surface area (Å²) < 4.78 is 11.6. The highest BCUT2D eigenvalue weighted by molar-refractivity contribution is 5.29. The Kier molecular flexibility index (Phi) is 4.90. The highest BCUT2D eigenvalue weighted by Crippen LogP contribution is 2.27. The summed E-state index contributed by atoms with van der Waals surface area (Å²) in [4.78, 5) is 2.46. The fourth-order valence-corrected chi connectivity index (χ4v) is 3.20. The van der Waals surface area contributed by atoms with Crippen LogP contribution in [-0.2, 0) is 6.54 Å². The third-order valence-electron chi connectivity index (χ3n) is 4.13. The molecular weight excluding hydrogens is 302 g/mol. The molecule has 5 nitrogen and oxygen atoms in total. The van der Waals surface area contributed by atoms with E-state index in [-0.39, 0.29) is 5.60 Å². The number of aryl methyl sites for hydroxylation is 1. The highest BCUT2D eigenvalue weighted by Gasteiger charge is 2.25. The Labute approximate surface area is 144 Å². The molecule has 1 unspecified atom stereocenters. The zero-order chi connectivity index (χ0) is 17.2. The lowest BCUT2D eigenvalue weighted by atomic mass is 9.97. The van der Waals surface area contributed by atoms with Crippen LogP contribution in [0.5, 0.6) is 5.75 Å². The van der Waals surface area contributed by atoms with Gasteiger partial charge < -0.3 is 9.15 Å². The molecule has 1 saturated heterocycles. The quantitative estimate of drug-likeness (QED) is 0.850. The van der Waals surface area contributed by atoms with Gasteiger partial charge in [0.2, 0.25) is 11.8 Å². The lowest BCUT2D eigenvalue weighted by Crippen LogP contribution is -2.34. The van der Waals surface area contributed by atoms with Gasteiger partial charge in [-0.1, -0.05) is 12.1 Å². The zero-order valence-corrected chi connectivity index (χ0v) is 15.1. The Morgan fingerprint density at radius 1 is 1.29 bits per heavy atom. The van der Waals surface area contributed by atoms with E-state index in [4.69, 9.17) is 9.15 Å². The maximum absolute atomic E-state index is 5.97. The Morgan fingerprint density at radius 2 is 2.12 bits per heavy atom. The molecule has 2 heterocycles. The van der Waals surface area contributed by atoms with Gasteiger partial charge in [0.25, 0.3) is 0 Å². The van der Waals surface area contributed by atoms with E-state index in [0.29, 0.717) is 11.8 Å². The smallest absolute Gasteiger partial charge is 0.220 e. The van der Waals surface area contributed by atoms with E-state index >= 15 is 0 Å². The topological polar surface area (TPSA) is 51.4 Å². The van der Waals surface area contributed by atoms with Gasteiger partial charge in [-0.05, 0) is 57.9 Å². The van der Waals surface area contributed by atoms with Crippen LogP contribution in [0.25, 0.3) is 0 Å². The van der Waals surface area contributed by atoms with Crippen LogP contribution in [0, 0.1) is 6.92 Å². The summed E-state index contributed by atoms with van der Waals surface area (Å²) in [5, 5.41) is 8.17. The number of benzene rings is 1. The maximum Gasteiger partial charge on any atom is 0.220 e. The molecule has 1 aliphatic rings. The number of aromatic nitrogens is 2. The van der Waals surface area contributed by atoms with E-state index in [1.165, 1.54) is 5.56 Å². The molecule has 1 aromatic heterocycles. The van der Waals surface area contributed by atoms with Crippen molar-refractivity contribution in [2.75, 3.05) is 13.1 Å². The molecule has 1 aliphatic heterocycles. The summed E-state index contributed by atoms with van der Waals surface area (Å²) >= 11 is 0. The molecule has 0 saturated carbocycles. The Hall–Kier alpha value is -1.88. The monoisotopic (exact) mass is 329 g/mol. The molecule has 1 aromatic carbocycles. The number of nitrogens with zero attached hydrogens (tertiary/aromatic N) is 3.